The molecule has 0 saturated carbocycles. The summed E-state index contributed by atoms with van der Waals surface area (Å²) in [4.78, 5) is 12.3. The molecule has 3 N–H and O–H groups in total. The van der Waals surface area contributed by atoms with Gasteiger partial charge in [0.1, 0.15) is 5.75 Å². The number of nitrogens with one attached hydrogen (secondary N) is 1. The van der Waals surface area contributed by atoms with E-state index in [1.165, 1.54) is 0 Å². The largest absolute Gasteiger partial charge is 0.495 e. The summed E-state index contributed by atoms with van der Waals surface area (Å²) >= 11 is 0. The fraction of sp³-hybridized carbons (Fsp3) is 0.562. The molecule has 0 aliphatic carbocycles. The molecule has 0 fully saturated rings. The van der Waals surface area contributed by atoms with Gasteiger partial charge in [-0.25, -0.2) is 0 Å². The van der Waals surface area contributed by atoms with Gasteiger partial charge in [0.05, 0.1) is 12.8 Å². The molecule has 4 heteroatoms. The van der Waals surface area contributed by atoms with E-state index in [-0.39, 0.29) is 16.9 Å². The highest BCUT2D eigenvalue weighted by atomic mass is 16.5. The Hall–Kier alpha value is -1.71. The number of rotatable bonds is 4. The number of nitrogens with two attached hydrogens (primary N) is 1. The summed E-state index contributed by atoms with van der Waals surface area (Å²) in [5.74, 6) is 0.462. The highest BCUT2D eigenvalue weighted by Crippen LogP contribution is 2.27. The Bertz CT molecular complexity index is 488. The molecule has 4 nitrogen and oxygen atoms in total. The van der Waals surface area contributed by atoms with Gasteiger partial charge in [0, 0.05) is 11.1 Å². The predicted octanol–water partition coefficient (Wildman–Crippen LogP) is 3.22. The molecule has 0 aliphatic heterocycles. The second-order valence-corrected chi connectivity index (χ2v) is 7.03. The summed E-state index contributed by atoms with van der Waals surface area (Å²) in [6, 6.07) is 5.07. The predicted molar refractivity (Wildman–Crippen MR) is 83.0 cm³/mol. The van der Waals surface area contributed by atoms with E-state index < -0.39 is 0 Å². The maximum absolute atomic E-state index is 12.3. The maximum Gasteiger partial charge on any atom is 0.251 e. The molecule has 20 heavy (non-hydrogen) atoms. The molecule has 1 aromatic rings. The van der Waals surface area contributed by atoms with Crippen molar-refractivity contribution in [1.29, 1.82) is 0 Å². The minimum Gasteiger partial charge on any atom is -0.495 e. The summed E-state index contributed by atoms with van der Waals surface area (Å²) in [5.41, 5.74) is 6.72. The lowest BCUT2D eigenvalue weighted by Crippen LogP contribution is -2.45. The van der Waals surface area contributed by atoms with Gasteiger partial charge in [0.15, 0.2) is 0 Å². The van der Waals surface area contributed by atoms with Gasteiger partial charge >= 0.3 is 0 Å². The van der Waals surface area contributed by atoms with Crippen LogP contribution in [0.1, 0.15) is 51.4 Å². The topological polar surface area (TPSA) is 64.3 Å². The van der Waals surface area contributed by atoms with Crippen molar-refractivity contribution in [2.75, 3.05) is 12.8 Å². The van der Waals surface area contributed by atoms with E-state index in [2.05, 4.69) is 26.1 Å². The zero-order valence-electron chi connectivity index (χ0n) is 13.3. The van der Waals surface area contributed by atoms with Crippen molar-refractivity contribution >= 4 is 11.6 Å². The van der Waals surface area contributed by atoms with Crippen LogP contribution in [-0.2, 0) is 0 Å². The molecule has 0 atom stereocenters. The lowest BCUT2D eigenvalue weighted by molar-refractivity contribution is 0.0891. The first-order valence-electron chi connectivity index (χ1n) is 6.80. The number of anilines is 1. The zero-order valence-corrected chi connectivity index (χ0v) is 13.3. The summed E-state index contributed by atoms with van der Waals surface area (Å²) in [6.45, 7) is 10.5. The molecule has 1 amide bonds. The summed E-state index contributed by atoms with van der Waals surface area (Å²) in [7, 11) is 1.55. The molecule has 0 bridgehead atoms. The van der Waals surface area contributed by atoms with Crippen molar-refractivity contribution in [3.8, 4) is 5.75 Å². The van der Waals surface area contributed by atoms with E-state index in [0.717, 1.165) is 6.42 Å². The van der Waals surface area contributed by atoms with E-state index in [0.29, 0.717) is 17.0 Å². The summed E-state index contributed by atoms with van der Waals surface area (Å²) in [6.07, 6.45) is 0.886. The SMILES string of the molecule is COc1ccc(C(=O)NC(C)(C)CC(C)(C)C)cc1N. The van der Waals surface area contributed by atoms with Crippen molar-refractivity contribution in [2.45, 2.75) is 46.6 Å². The normalized spacial score (nSPS) is 12.1. The van der Waals surface area contributed by atoms with Crippen molar-refractivity contribution in [3.63, 3.8) is 0 Å². The third kappa shape index (κ3) is 4.76. The molecule has 0 spiro atoms. The van der Waals surface area contributed by atoms with E-state index in [1.807, 2.05) is 13.8 Å². The first-order valence-corrected chi connectivity index (χ1v) is 6.80. The molecule has 0 aliphatic rings. The Morgan fingerprint density at radius 2 is 1.85 bits per heavy atom. The average Bonchev–Trinajstić information content (AvgIpc) is 2.24. The third-order valence-corrected chi connectivity index (χ3v) is 2.92. The standard InChI is InChI=1S/C16H26N2O2/c1-15(2,3)10-16(4,5)18-14(19)11-7-8-13(20-6)12(17)9-11/h7-9H,10,17H2,1-6H3,(H,18,19). The van der Waals surface area contributed by atoms with Gasteiger partial charge in [-0.05, 0) is 43.9 Å². The van der Waals surface area contributed by atoms with Crippen LogP contribution in [0.5, 0.6) is 5.75 Å². The number of benzene rings is 1. The highest BCUT2D eigenvalue weighted by molar-refractivity contribution is 5.95. The number of amides is 1. The third-order valence-electron chi connectivity index (χ3n) is 2.92. The first kappa shape index (κ1) is 16.3. The van der Waals surface area contributed by atoms with Crippen LogP contribution in [-0.4, -0.2) is 18.6 Å². The molecule has 0 aromatic heterocycles. The Labute approximate surface area is 121 Å². The van der Waals surface area contributed by atoms with Crippen LogP contribution in [0.3, 0.4) is 0 Å². The number of methoxy groups -OCH3 is 1. The number of hydrogen-bond acceptors (Lipinski definition) is 3. The number of nitrogen functional groups attached to an aromatic ring is 1. The second-order valence-electron chi connectivity index (χ2n) is 7.03. The van der Waals surface area contributed by atoms with Crippen LogP contribution in [0.25, 0.3) is 0 Å². The van der Waals surface area contributed by atoms with Crippen LogP contribution < -0.4 is 15.8 Å². The van der Waals surface area contributed by atoms with Crippen LogP contribution in [0.15, 0.2) is 18.2 Å². The Kier molecular flexibility index (Phi) is 4.69. The molecule has 1 rings (SSSR count). The molecule has 0 radical (unpaired) electrons. The van der Waals surface area contributed by atoms with E-state index >= 15 is 0 Å². The van der Waals surface area contributed by atoms with Gasteiger partial charge in [0.25, 0.3) is 5.91 Å². The Morgan fingerprint density at radius 3 is 2.30 bits per heavy atom. The zero-order chi connectivity index (χ0) is 15.6. The molecule has 0 unspecified atom stereocenters. The minimum absolute atomic E-state index is 0.117. The molecular weight excluding hydrogens is 252 g/mol. The van der Waals surface area contributed by atoms with Crippen molar-refractivity contribution in [3.05, 3.63) is 23.8 Å². The Balaban J connectivity index is 2.83. The second kappa shape index (κ2) is 5.73. The Morgan fingerprint density at radius 1 is 1.25 bits per heavy atom. The highest BCUT2D eigenvalue weighted by Gasteiger charge is 2.27. The van der Waals surface area contributed by atoms with E-state index in [4.69, 9.17) is 10.5 Å². The molecule has 112 valence electrons. The van der Waals surface area contributed by atoms with Crippen LogP contribution in [0, 0.1) is 5.41 Å². The smallest absolute Gasteiger partial charge is 0.251 e. The lowest BCUT2D eigenvalue weighted by Gasteiger charge is -2.33. The fourth-order valence-electron chi connectivity index (χ4n) is 2.63. The quantitative estimate of drug-likeness (QED) is 0.831. The van der Waals surface area contributed by atoms with Gasteiger partial charge < -0.3 is 15.8 Å². The van der Waals surface area contributed by atoms with Crippen LogP contribution in [0.4, 0.5) is 5.69 Å². The van der Waals surface area contributed by atoms with Gasteiger partial charge in [-0.2, -0.15) is 0 Å². The van der Waals surface area contributed by atoms with E-state index in [1.54, 1.807) is 25.3 Å². The average molecular weight is 278 g/mol. The molecule has 0 heterocycles. The number of carbonyl (C=O) groups is 1. The van der Waals surface area contributed by atoms with Gasteiger partial charge in [-0.15, -0.1) is 0 Å². The van der Waals surface area contributed by atoms with Gasteiger partial charge in [-0.3, -0.25) is 4.79 Å². The molecule has 0 saturated heterocycles. The van der Waals surface area contributed by atoms with E-state index in [9.17, 15) is 4.79 Å². The number of ether oxygens (including phenoxy) is 1. The first-order chi connectivity index (χ1) is 9.04. The molecule has 1 aromatic carbocycles. The van der Waals surface area contributed by atoms with Gasteiger partial charge in [0.2, 0.25) is 0 Å². The summed E-state index contributed by atoms with van der Waals surface area (Å²) < 4.78 is 5.09. The monoisotopic (exact) mass is 278 g/mol. The van der Waals surface area contributed by atoms with Crippen molar-refractivity contribution < 1.29 is 9.53 Å². The van der Waals surface area contributed by atoms with Gasteiger partial charge in [-0.1, -0.05) is 20.8 Å². The minimum atomic E-state index is -0.274. The molecular formula is C16H26N2O2. The van der Waals surface area contributed by atoms with Crippen molar-refractivity contribution in [1.82, 2.24) is 5.32 Å². The van der Waals surface area contributed by atoms with Crippen molar-refractivity contribution in [2.24, 2.45) is 5.41 Å². The maximum atomic E-state index is 12.3. The lowest BCUT2D eigenvalue weighted by atomic mass is 9.81. The number of hydrogen-bond donors (Lipinski definition) is 2. The fourth-order valence-corrected chi connectivity index (χ4v) is 2.63. The van der Waals surface area contributed by atoms with Crippen LogP contribution in [0.2, 0.25) is 0 Å². The number of carbonyl (C=O) groups excluding carboxylic acids is 1. The summed E-state index contributed by atoms with van der Waals surface area (Å²) in [5, 5.41) is 3.06. The van der Waals surface area contributed by atoms with Crippen LogP contribution >= 0.6 is 0 Å².